The fourth-order valence-electron chi connectivity index (χ4n) is 1.99. The molecule has 2 aromatic rings. The van der Waals surface area contributed by atoms with Gasteiger partial charge in [-0.05, 0) is 31.5 Å². The molecule has 78 valence electrons. The average Bonchev–Trinajstić information content (AvgIpc) is 3.02. The minimum absolute atomic E-state index is 0.383. The Labute approximate surface area is 87.7 Å². The zero-order valence-electron chi connectivity index (χ0n) is 8.36. The van der Waals surface area contributed by atoms with Crippen LogP contribution in [0, 0.1) is 0 Å². The van der Waals surface area contributed by atoms with E-state index in [-0.39, 0.29) is 0 Å². The number of hydrogen-bond donors (Lipinski definition) is 2. The van der Waals surface area contributed by atoms with Crippen molar-refractivity contribution >= 4 is 0 Å². The van der Waals surface area contributed by atoms with E-state index in [2.05, 4.69) is 15.3 Å². The quantitative estimate of drug-likeness (QED) is 0.785. The lowest BCUT2D eigenvalue weighted by Crippen LogP contribution is -2.14. The lowest BCUT2D eigenvalue weighted by atomic mass is 10.2. The molecule has 1 unspecified atom stereocenters. The van der Waals surface area contributed by atoms with Crippen LogP contribution in [-0.2, 0) is 0 Å². The summed E-state index contributed by atoms with van der Waals surface area (Å²) in [5, 5.41) is 3.41. The summed E-state index contributed by atoms with van der Waals surface area (Å²) in [7, 11) is 0. The standard InChI is InChI=1S/C11H13N3O/c1-3-8(12-5-1)11-13-7-9(14-11)10-4-2-6-15-10/h2,4,6-8,12H,1,3,5H2,(H,13,14). The highest BCUT2D eigenvalue weighted by Gasteiger charge is 2.19. The van der Waals surface area contributed by atoms with Gasteiger partial charge in [-0.15, -0.1) is 0 Å². The first-order chi connectivity index (χ1) is 7.43. The van der Waals surface area contributed by atoms with Crippen LogP contribution in [0.2, 0.25) is 0 Å². The molecule has 1 saturated heterocycles. The Morgan fingerprint density at radius 2 is 2.47 bits per heavy atom. The number of nitrogens with one attached hydrogen (secondary N) is 2. The molecule has 4 heteroatoms. The Hall–Kier alpha value is -1.55. The normalized spacial score (nSPS) is 20.9. The number of H-pyrrole nitrogens is 1. The monoisotopic (exact) mass is 203 g/mol. The van der Waals surface area contributed by atoms with Crippen molar-refractivity contribution in [2.24, 2.45) is 0 Å². The van der Waals surface area contributed by atoms with Crippen molar-refractivity contribution in [3.8, 4) is 11.5 Å². The first-order valence-electron chi connectivity index (χ1n) is 5.25. The van der Waals surface area contributed by atoms with Crippen LogP contribution >= 0.6 is 0 Å². The van der Waals surface area contributed by atoms with Crippen molar-refractivity contribution in [1.82, 2.24) is 15.3 Å². The molecule has 0 aromatic carbocycles. The highest BCUT2D eigenvalue weighted by Crippen LogP contribution is 2.23. The molecule has 2 N–H and O–H groups in total. The molecular formula is C11H13N3O. The summed E-state index contributed by atoms with van der Waals surface area (Å²) in [5.41, 5.74) is 0.948. The lowest BCUT2D eigenvalue weighted by molar-refractivity contribution is 0.578. The Bertz CT molecular complexity index is 426. The van der Waals surface area contributed by atoms with Crippen molar-refractivity contribution in [3.05, 3.63) is 30.4 Å². The number of hydrogen-bond acceptors (Lipinski definition) is 3. The molecule has 15 heavy (non-hydrogen) atoms. The summed E-state index contributed by atoms with van der Waals surface area (Å²) < 4.78 is 5.30. The highest BCUT2D eigenvalue weighted by molar-refractivity contribution is 5.50. The van der Waals surface area contributed by atoms with E-state index < -0.39 is 0 Å². The smallest absolute Gasteiger partial charge is 0.151 e. The fourth-order valence-corrected chi connectivity index (χ4v) is 1.99. The highest BCUT2D eigenvalue weighted by atomic mass is 16.3. The Kier molecular flexibility index (Phi) is 2.07. The SMILES string of the molecule is c1coc(-c2cnc(C3CCCN3)[nH]2)c1. The van der Waals surface area contributed by atoms with Crippen LogP contribution in [0.15, 0.2) is 29.0 Å². The summed E-state index contributed by atoms with van der Waals surface area (Å²) in [6.45, 7) is 1.08. The fraction of sp³-hybridized carbons (Fsp3) is 0.364. The maximum Gasteiger partial charge on any atom is 0.151 e. The summed E-state index contributed by atoms with van der Waals surface area (Å²) in [4.78, 5) is 7.67. The van der Waals surface area contributed by atoms with Crippen LogP contribution in [0.25, 0.3) is 11.5 Å². The Morgan fingerprint density at radius 3 is 3.20 bits per heavy atom. The molecule has 2 aromatic heterocycles. The molecule has 0 saturated carbocycles. The number of aromatic nitrogens is 2. The molecule has 0 bridgehead atoms. The van der Waals surface area contributed by atoms with Crippen molar-refractivity contribution < 1.29 is 4.42 Å². The lowest BCUT2D eigenvalue weighted by Gasteiger charge is -2.04. The maximum absolute atomic E-state index is 5.30. The van der Waals surface area contributed by atoms with E-state index in [0.717, 1.165) is 30.2 Å². The van der Waals surface area contributed by atoms with Gasteiger partial charge in [-0.2, -0.15) is 0 Å². The predicted molar refractivity (Wildman–Crippen MR) is 56.3 cm³/mol. The van der Waals surface area contributed by atoms with Gasteiger partial charge < -0.3 is 14.7 Å². The van der Waals surface area contributed by atoms with E-state index in [9.17, 15) is 0 Å². The van der Waals surface area contributed by atoms with Gasteiger partial charge in [0.25, 0.3) is 0 Å². The average molecular weight is 203 g/mol. The molecule has 1 aliphatic heterocycles. The van der Waals surface area contributed by atoms with Crippen molar-refractivity contribution in [1.29, 1.82) is 0 Å². The minimum Gasteiger partial charge on any atom is -0.463 e. The third-order valence-corrected chi connectivity index (χ3v) is 2.77. The third-order valence-electron chi connectivity index (χ3n) is 2.77. The number of nitrogens with zero attached hydrogens (tertiary/aromatic N) is 1. The third kappa shape index (κ3) is 1.57. The first kappa shape index (κ1) is 8.73. The van der Waals surface area contributed by atoms with Crippen LogP contribution in [0.3, 0.4) is 0 Å². The molecule has 1 atom stereocenters. The van der Waals surface area contributed by atoms with Crippen LogP contribution in [0.5, 0.6) is 0 Å². The van der Waals surface area contributed by atoms with E-state index in [1.165, 1.54) is 6.42 Å². The van der Waals surface area contributed by atoms with Gasteiger partial charge in [0, 0.05) is 0 Å². The number of rotatable bonds is 2. The molecule has 3 heterocycles. The summed E-state index contributed by atoms with van der Waals surface area (Å²) >= 11 is 0. The first-order valence-corrected chi connectivity index (χ1v) is 5.25. The van der Waals surface area contributed by atoms with Gasteiger partial charge in [0.2, 0.25) is 0 Å². The van der Waals surface area contributed by atoms with Crippen molar-refractivity contribution in [2.45, 2.75) is 18.9 Å². The predicted octanol–water partition coefficient (Wildman–Crippen LogP) is 2.09. The van der Waals surface area contributed by atoms with Crippen molar-refractivity contribution in [2.75, 3.05) is 6.54 Å². The van der Waals surface area contributed by atoms with Crippen LogP contribution in [-0.4, -0.2) is 16.5 Å². The molecule has 1 fully saturated rings. The minimum atomic E-state index is 0.383. The van der Waals surface area contributed by atoms with Gasteiger partial charge in [-0.3, -0.25) is 0 Å². The van der Waals surface area contributed by atoms with Gasteiger partial charge in [0.1, 0.15) is 11.5 Å². The molecule has 0 amide bonds. The van der Waals surface area contributed by atoms with Gasteiger partial charge in [0.05, 0.1) is 18.5 Å². The molecule has 3 rings (SSSR count). The van der Waals surface area contributed by atoms with E-state index in [1.54, 1.807) is 6.26 Å². The van der Waals surface area contributed by atoms with Gasteiger partial charge in [-0.1, -0.05) is 0 Å². The number of aromatic amines is 1. The zero-order chi connectivity index (χ0) is 10.1. The van der Waals surface area contributed by atoms with Crippen LogP contribution in [0.1, 0.15) is 24.7 Å². The topological polar surface area (TPSA) is 53.9 Å². The molecule has 0 radical (unpaired) electrons. The van der Waals surface area contributed by atoms with Gasteiger partial charge >= 0.3 is 0 Å². The van der Waals surface area contributed by atoms with Gasteiger partial charge in [-0.25, -0.2) is 4.98 Å². The van der Waals surface area contributed by atoms with E-state index in [4.69, 9.17) is 4.42 Å². The number of furan rings is 1. The van der Waals surface area contributed by atoms with Gasteiger partial charge in [0.15, 0.2) is 5.76 Å². The van der Waals surface area contributed by atoms with E-state index >= 15 is 0 Å². The summed E-state index contributed by atoms with van der Waals surface area (Å²) in [6, 6.07) is 4.19. The zero-order valence-corrected chi connectivity index (χ0v) is 8.36. The summed E-state index contributed by atoms with van der Waals surface area (Å²) in [5.74, 6) is 1.85. The second-order valence-electron chi connectivity index (χ2n) is 3.81. The van der Waals surface area contributed by atoms with Crippen molar-refractivity contribution in [3.63, 3.8) is 0 Å². The second kappa shape index (κ2) is 3.55. The largest absolute Gasteiger partial charge is 0.463 e. The second-order valence-corrected chi connectivity index (χ2v) is 3.81. The van der Waals surface area contributed by atoms with E-state index in [1.807, 2.05) is 18.3 Å². The summed E-state index contributed by atoms with van der Waals surface area (Å²) in [6.07, 6.45) is 5.88. The Morgan fingerprint density at radius 1 is 1.47 bits per heavy atom. The van der Waals surface area contributed by atoms with Crippen LogP contribution < -0.4 is 5.32 Å². The molecule has 0 spiro atoms. The maximum atomic E-state index is 5.30. The van der Waals surface area contributed by atoms with E-state index in [0.29, 0.717) is 6.04 Å². The molecule has 1 aliphatic rings. The molecule has 4 nitrogen and oxygen atoms in total. The molecular weight excluding hydrogens is 190 g/mol. The van der Waals surface area contributed by atoms with Crippen LogP contribution in [0.4, 0.5) is 0 Å². The molecule has 0 aliphatic carbocycles. The Balaban J connectivity index is 1.87. The number of imidazole rings is 1.